The zero-order chi connectivity index (χ0) is 88.8. The number of carboxylic acids is 1. The largest absolute Gasteiger partial charge is 0.480 e. The molecule has 2 aromatic heterocycles. The van der Waals surface area contributed by atoms with E-state index in [1.54, 1.807) is 75.6 Å². The number of ketones is 2. The number of likely N-dealkylation sites (N-methyl/N-ethyl adjacent to an activating group) is 4. The van der Waals surface area contributed by atoms with E-state index in [0.29, 0.717) is 45.3 Å². The summed E-state index contributed by atoms with van der Waals surface area (Å²) in [4.78, 5) is 151. The van der Waals surface area contributed by atoms with Crippen LogP contribution in [0.1, 0.15) is 189 Å². The number of H-pyrrole nitrogens is 1. The Labute approximate surface area is 721 Å². The maximum atomic E-state index is 14.6. The second kappa shape index (κ2) is 50.4. The van der Waals surface area contributed by atoms with Crippen molar-refractivity contribution in [3.8, 4) is 0 Å². The molecule has 4 aromatic rings. The van der Waals surface area contributed by atoms with E-state index in [2.05, 4.69) is 82.2 Å². The molecule has 0 bridgehead atoms. The number of hydrogen-bond acceptors (Lipinski definition) is 20. The van der Waals surface area contributed by atoms with Gasteiger partial charge in [-0.05, 0) is 92.8 Å². The van der Waals surface area contributed by atoms with Gasteiger partial charge < -0.3 is 64.6 Å². The van der Waals surface area contributed by atoms with Crippen molar-refractivity contribution < 1.29 is 67.2 Å². The number of thiazole rings is 1. The summed E-state index contributed by atoms with van der Waals surface area (Å²) in [6.07, 6.45) is 8.08. The number of carbonyl (C=O) groups is 9. The van der Waals surface area contributed by atoms with E-state index < -0.39 is 90.2 Å². The van der Waals surface area contributed by atoms with Crippen molar-refractivity contribution in [1.82, 2.24) is 65.2 Å². The number of aromatic amines is 1. The Morgan fingerprint density at radius 2 is 1.01 bits per heavy atom. The third kappa shape index (κ3) is 28.6. The molecule has 5 heterocycles. The molecule has 3 saturated heterocycles. The number of benzene rings is 2. The van der Waals surface area contributed by atoms with Gasteiger partial charge in [0.15, 0.2) is 11.6 Å². The van der Waals surface area contributed by atoms with Crippen LogP contribution in [0.15, 0.2) is 84.6 Å². The number of rotatable bonds is 49. The maximum absolute atomic E-state index is 14.6. The average molecular weight is 1690 g/mol. The van der Waals surface area contributed by atoms with Gasteiger partial charge in [-0.25, -0.2) is 14.8 Å². The van der Waals surface area contributed by atoms with E-state index in [-0.39, 0.29) is 127 Å². The number of Topliss-reactive ketones (excluding diaryl/α,β-unsaturated/α-hetero) is 2. The summed E-state index contributed by atoms with van der Waals surface area (Å²) < 4.78 is 24.2. The Kier molecular flexibility index (Phi) is 42.6. The number of carbonyl (C=O) groups excluding carboxylic acids is 8. The topological polar surface area (TPSA) is 311 Å². The number of carboxylic acid groups (broad SMARTS) is 1. The number of likely N-dealkylation sites (tertiary alicyclic amines) is 2. The lowest BCUT2D eigenvalue weighted by Gasteiger charge is -2.41. The zero-order valence-corrected chi connectivity index (χ0v) is 77.1. The van der Waals surface area contributed by atoms with Crippen molar-refractivity contribution in [3.05, 3.63) is 107 Å². The minimum Gasteiger partial charge on any atom is -0.480 e. The van der Waals surface area contributed by atoms with Crippen molar-refractivity contribution >= 4 is 64.3 Å². The van der Waals surface area contributed by atoms with Gasteiger partial charge >= 0.3 is 5.97 Å². The maximum Gasteiger partial charge on any atom is 0.326 e. The number of piperazine rings is 1. The molecular weight excluding hydrogens is 1540 g/mol. The third-order valence-corrected chi connectivity index (χ3v) is 26.5. The molecule has 0 aliphatic carbocycles. The summed E-state index contributed by atoms with van der Waals surface area (Å²) >= 11 is 1.51. The van der Waals surface area contributed by atoms with E-state index in [4.69, 9.17) is 18.9 Å². The fourth-order valence-corrected chi connectivity index (χ4v) is 19.2. The Hall–Kier alpha value is -7.41. The van der Waals surface area contributed by atoms with Crippen molar-refractivity contribution in [2.75, 3.05) is 109 Å². The molecule has 2 aromatic carbocycles. The van der Waals surface area contributed by atoms with Crippen LogP contribution < -0.4 is 16.0 Å². The predicted octanol–water partition coefficient (Wildman–Crippen LogP) is 10.4. The molecule has 3 aliphatic rings. The second-order valence-corrected chi connectivity index (χ2v) is 36.3. The molecule has 3 aliphatic heterocycles. The molecule has 27 nitrogen and oxygen atoms in total. The van der Waals surface area contributed by atoms with Crippen LogP contribution in [0.4, 0.5) is 0 Å². The first kappa shape index (κ1) is 101. The number of ether oxygens (including phenoxy) is 4. The van der Waals surface area contributed by atoms with Crippen LogP contribution in [0, 0.1) is 59.2 Å². The first-order valence-electron chi connectivity index (χ1n) is 44.0. The quantitative estimate of drug-likeness (QED) is 0.0274. The molecule has 120 heavy (non-hydrogen) atoms. The fraction of sp³-hybridized carbons (Fsp3) is 0.707. The van der Waals surface area contributed by atoms with Crippen LogP contribution in [-0.2, 0) is 81.5 Å². The second-order valence-electron chi connectivity index (χ2n) is 35.3. The van der Waals surface area contributed by atoms with Crippen LogP contribution in [0.2, 0.25) is 0 Å². The summed E-state index contributed by atoms with van der Waals surface area (Å²) in [5, 5.41) is 22.0. The van der Waals surface area contributed by atoms with Gasteiger partial charge in [0.05, 0.1) is 97.9 Å². The average Bonchev–Trinajstić information content (AvgIpc) is 1.59. The first-order valence-corrected chi connectivity index (χ1v) is 44.9. The molecule has 3 fully saturated rings. The Bertz CT molecular complexity index is 3740. The van der Waals surface area contributed by atoms with Gasteiger partial charge in [0.1, 0.15) is 16.9 Å². The molecule has 0 saturated carbocycles. The van der Waals surface area contributed by atoms with Crippen LogP contribution in [-0.4, -0.2) is 283 Å². The molecule has 0 radical (unpaired) electrons. The molecule has 7 rings (SSSR count). The number of aromatic nitrogens is 3. The van der Waals surface area contributed by atoms with E-state index in [9.17, 15) is 48.3 Å². The third-order valence-electron chi connectivity index (χ3n) is 25.7. The minimum absolute atomic E-state index is 0.00506. The molecule has 5 N–H and O–H groups in total. The van der Waals surface area contributed by atoms with Crippen molar-refractivity contribution in [2.45, 2.75) is 253 Å². The van der Waals surface area contributed by atoms with Gasteiger partial charge in [-0.1, -0.05) is 170 Å². The van der Waals surface area contributed by atoms with Gasteiger partial charge in [-0.2, -0.15) is 0 Å². The number of nitrogens with one attached hydrogen (secondary N) is 4. The molecule has 28 heteroatoms. The van der Waals surface area contributed by atoms with Crippen LogP contribution in [0.25, 0.3) is 0 Å². The number of imidazole rings is 1. The number of methoxy groups -OCH3 is 4. The van der Waals surface area contributed by atoms with E-state index >= 15 is 0 Å². The lowest BCUT2D eigenvalue weighted by atomic mass is 9.83. The highest BCUT2D eigenvalue weighted by Gasteiger charge is 2.47. The number of amides is 6. The lowest BCUT2D eigenvalue weighted by Crippen LogP contribution is -2.55. The van der Waals surface area contributed by atoms with Crippen molar-refractivity contribution in [1.29, 1.82) is 0 Å². The van der Waals surface area contributed by atoms with Gasteiger partial charge in [-0.3, -0.25) is 53.1 Å². The highest BCUT2D eigenvalue weighted by atomic mass is 32.1. The molecule has 18 atom stereocenters. The van der Waals surface area contributed by atoms with E-state index in [1.807, 2.05) is 138 Å². The Balaban J connectivity index is 0.000000372. The summed E-state index contributed by atoms with van der Waals surface area (Å²) in [5.74, 6) is -3.95. The first-order chi connectivity index (χ1) is 57.1. The Morgan fingerprint density at radius 1 is 0.558 bits per heavy atom. The Morgan fingerprint density at radius 3 is 1.40 bits per heavy atom. The molecular formula is C92H149N13O14S. The fourth-order valence-electron chi connectivity index (χ4n) is 18.5. The molecule has 0 unspecified atom stereocenters. The van der Waals surface area contributed by atoms with Gasteiger partial charge in [0.2, 0.25) is 35.4 Å². The molecule has 0 spiro atoms. The minimum atomic E-state index is -1.13. The van der Waals surface area contributed by atoms with Crippen LogP contribution in [0.3, 0.4) is 0 Å². The normalized spacial score (nSPS) is 19.4. The van der Waals surface area contributed by atoms with Crippen LogP contribution >= 0.6 is 11.3 Å². The standard InChI is InChI=1S/C46H71N7O6S.C46H78N6O8/c1-12-31(6)42(52(9)46(57)34(29(2)3)26-37(54)41(30(4)5)51(8)28-39-47-20-21-48-39)38(58-10)27-40(55)53-23-16-19-36(53)43(59-11)32(7)44(56)50-35(45-49-22-24-60-45)25-33-17-14-13-15-18-33;1-12-32(6)42(50(9)45(56)35(30(2)3)28-38(53)41(31(4)5)49(8)25-26-51-23-20-47-21-24-51)39(59-10)29-40(54)52-22-16-19-37(52)43(60-11)33(7)44(55)48-36(46(57)58)27-34-17-14-13-15-18-34/h13-15,17-18,20-22,24,29-32,34-36,38,41-43H,12,16,19,23,25-28H2,1-11H3,(H,47,48)(H,50,56);13-15,17-18,30-33,35-37,39,41-43,47H,12,16,19-29H2,1-11H3,(H,48,55)(H,57,58)/t31-,32+,34-,35-,36-,38+,41-,42-,43+;32-,33+,35-,36-,37-,39+,41-,42-,43+/m00/s1. The summed E-state index contributed by atoms with van der Waals surface area (Å²) in [6.45, 7) is 35.0. The number of aliphatic carboxylic acids is 1. The lowest BCUT2D eigenvalue weighted by molar-refractivity contribution is -0.149. The van der Waals surface area contributed by atoms with E-state index in [1.165, 1.54) is 18.4 Å². The molecule has 6 amide bonds. The SMILES string of the molecule is CC[C@H](C)[C@@H]([C@@H](CC(=O)N1CCC[C@H]1[C@H](OC)[C@@H](C)C(=O)N[C@@H](Cc1ccccc1)C(=O)O)OC)N(C)C(=O)[C@@H](CC(=O)[C@H](C(C)C)N(C)CCN1CCNCC1)C(C)C.CC[C@H](C)[C@@H]([C@@H](CC(=O)N1CCC[C@H]1[C@H](OC)[C@@H](C)C(=O)N[C@@H](Cc1ccccc1)c1nccs1)OC)N(C)C(=O)[C@@H](CC(=O)[C@H](C(C)C)N(C)Cc1ncc[nH]1)C(C)C. The predicted molar refractivity (Wildman–Crippen MR) is 470 cm³/mol. The van der Waals surface area contributed by atoms with Crippen molar-refractivity contribution in [2.24, 2.45) is 59.2 Å². The van der Waals surface area contributed by atoms with Crippen molar-refractivity contribution in [3.63, 3.8) is 0 Å². The zero-order valence-electron chi connectivity index (χ0n) is 76.3. The highest BCUT2D eigenvalue weighted by Crippen LogP contribution is 2.35. The monoisotopic (exact) mass is 1690 g/mol. The smallest absolute Gasteiger partial charge is 0.326 e. The van der Waals surface area contributed by atoms with Crippen LogP contribution in [0.5, 0.6) is 0 Å². The van der Waals surface area contributed by atoms with Gasteiger partial charge in [0.25, 0.3) is 0 Å². The van der Waals surface area contributed by atoms with Gasteiger partial charge in [-0.15, -0.1) is 11.3 Å². The van der Waals surface area contributed by atoms with E-state index in [0.717, 1.165) is 80.5 Å². The summed E-state index contributed by atoms with van der Waals surface area (Å²) in [5.41, 5.74) is 1.88. The number of hydrogen-bond donors (Lipinski definition) is 5. The summed E-state index contributed by atoms with van der Waals surface area (Å²) in [6, 6.07) is 15.4. The summed E-state index contributed by atoms with van der Waals surface area (Å²) in [7, 11) is 13.8. The van der Waals surface area contributed by atoms with Gasteiger partial charge in [0, 0.05) is 150 Å². The molecule has 672 valence electrons. The highest BCUT2D eigenvalue weighted by molar-refractivity contribution is 7.09. The number of nitrogens with zero attached hydrogens (tertiary/aromatic N) is 9.